The first-order chi connectivity index (χ1) is 4.93. The molecule has 54 valence electrons. The van der Waals surface area contributed by atoms with E-state index in [0.717, 1.165) is 0 Å². The maximum atomic E-state index is 4.93. The molecule has 0 N–H and O–H groups in total. The third kappa shape index (κ3) is 1.93. The van der Waals surface area contributed by atoms with Gasteiger partial charge in [0.25, 0.3) is 0 Å². The van der Waals surface area contributed by atoms with Crippen molar-refractivity contribution in [2.45, 2.75) is 6.92 Å². The second-order valence-electron chi connectivity index (χ2n) is 1.63. The van der Waals surface area contributed by atoms with Crippen LogP contribution in [0.3, 0.4) is 0 Å². The summed E-state index contributed by atoms with van der Waals surface area (Å²) in [6.45, 7) is 2.58. The highest BCUT2D eigenvalue weighted by Crippen LogP contribution is 1.96. The number of oxazole rings is 1. The molecule has 0 aliphatic rings. The molecule has 1 aromatic heterocycles. The molecule has 0 aliphatic carbocycles. The summed E-state index contributed by atoms with van der Waals surface area (Å²) < 4.78 is 9.83. The van der Waals surface area contributed by atoms with Gasteiger partial charge in [0.1, 0.15) is 6.26 Å². The van der Waals surface area contributed by atoms with Crippen LogP contribution in [0.1, 0.15) is 12.8 Å². The third-order valence-electron chi connectivity index (χ3n) is 0.925. The molecule has 0 aliphatic heterocycles. The third-order valence-corrected chi connectivity index (χ3v) is 0.925. The molecule has 0 saturated carbocycles. The van der Waals surface area contributed by atoms with Gasteiger partial charge in [0, 0.05) is 6.08 Å². The summed E-state index contributed by atoms with van der Waals surface area (Å²) in [6.07, 6.45) is 6.34. The van der Waals surface area contributed by atoms with E-state index in [1.165, 1.54) is 6.26 Å². The lowest BCUT2D eigenvalue weighted by Crippen LogP contribution is -1.76. The van der Waals surface area contributed by atoms with Crippen molar-refractivity contribution < 1.29 is 9.15 Å². The molecule has 3 heteroatoms. The van der Waals surface area contributed by atoms with Crippen LogP contribution >= 0.6 is 0 Å². The van der Waals surface area contributed by atoms with Crippen LogP contribution < -0.4 is 0 Å². The first kappa shape index (κ1) is 6.86. The van der Waals surface area contributed by atoms with Gasteiger partial charge >= 0.3 is 0 Å². The molecule has 1 aromatic rings. The fourth-order valence-corrected chi connectivity index (χ4v) is 0.519. The van der Waals surface area contributed by atoms with Crippen molar-refractivity contribution in [3.05, 3.63) is 24.6 Å². The molecule has 0 saturated heterocycles. The fraction of sp³-hybridized carbons (Fsp3) is 0.286. The van der Waals surface area contributed by atoms with Crippen molar-refractivity contribution in [3.8, 4) is 0 Å². The number of hydrogen-bond acceptors (Lipinski definition) is 3. The first-order valence-electron chi connectivity index (χ1n) is 3.11. The highest BCUT2D eigenvalue weighted by atomic mass is 16.5. The zero-order valence-electron chi connectivity index (χ0n) is 5.78. The maximum absolute atomic E-state index is 4.93. The van der Waals surface area contributed by atoms with Gasteiger partial charge in [0.05, 0.1) is 19.1 Å². The quantitative estimate of drug-likeness (QED) is 0.597. The molecule has 0 bridgehead atoms. The Morgan fingerprint density at radius 3 is 3.30 bits per heavy atom. The molecule has 3 nitrogen and oxygen atoms in total. The Kier molecular flexibility index (Phi) is 2.55. The van der Waals surface area contributed by atoms with E-state index in [9.17, 15) is 0 Å². The van der Waals surface area contributed by atoms with Crippen LogP contribution in [0, 0.1) is 0 Å². The second kappa shape index (κ2) is 3.71. The standard InChI is InChI=1S/C7H9NO2/c1-2-9-5-3-7-8-4-6-10-7/h3-6H,2H2,1H3. The van der Waals surface area contributed by atoms with Crippen LogP contribution in [0.15, 0.2) is 23.1 Å². The van der Waals surface area contributed by atoms with Crippen LogP contribution in [0.4, 0.5) is 0 Å². The van der Waals surface area contributed by atoms with Gasteiger partial charge in [-0.3, -0.25) is 0 Å². The number of nitrogens with zero attached hydrogens (tertiary/aromatic N) is 1. The highest BCUT2D eigenvalue weighted by molar-refractivity contribution is 5.34. The Hall–Kier alpha value is -1.25. The molecule has 0 atom stereocenters. The summed E-state index contributed by atoms with van der Waals surface area (Å²) >= 11 is 0. The number of ether oxygens (including phenoxy) is 1. The summed E-state index contributed by atoms with van der Waals surface area (Å²) in [6, 6.07) is 0. The van der Waals surface area contributed by atoms with Gasteiger partial charge in [-0.05, 0) is 6.92 Å². The van der Waals surface area contributed by atoms with E-state index in [4.69, 9.17) is 9.15 Å². The van der Waals surface area contributed by atoms with Crippen molar-refractivity contribution in [2.75, 3.05) is 6.61 Å². The molecular weight excluding hydrogens is 130 g/mol. The second-order valence-corrected chi connectivity index (χ2v) is 1.63. The van der Waals surface area contributed by atoms with Crippen molar-refractivity contribution in [1.29, 1.82) is 0 Å². The predicted molar refractivity (Wildman–Crippen MR) is 37.2 cm³/mol. The topological polar surface area (TPSA) is 35.3 Å². The lowest BCUT2D eigenvalue weighted by molar-refractivity contribution is 0.271. The Morgan fingerprint density at radius 1 is 1.80 bits per heavy atom. The molecule has 0 spiro atoms. The van der Waals surface area contributed by atoms with Gasteiger partial charge in [-0.1, -0.05) is 0 Å². The Bertz CT molecular complexity index is 191. The summed E-state index contributed by atoms with van der Waals surface area (Å²) in [5, 5.41) is 0. The predicted octanol–water partition coefficient (Wildman–Crippen LogP) is 1.68. The Labute approximate surface area is 59.3 Å². The van der Waals surface area contributed by atoms with Crippen molar-refractivity contribution in [1.82, 2.24) is 4.98 Å². The van der Waals surface area contributed by atoms with Gasteiger partial charge < -0.3 is 9.15 Å². The van der Waals surface area contributed by atoms with Gasteiger partial charge in [-0.15, -0.1) is 0 Å². The Balaban J connectivity index is 2.40. The lowest BCUT2D eigenvalue weighted by atomic mass is 10.6. The summed E-state index contributed by atoms with van der Waals surface area (Å²) in [5.41, 5.74) is 0. The Morgan fingerprint density at radius 2 is 2.70 bits per heavy atom. The average Bonchev–Trinajstić information content (AvgIpc) is 2.41. The van der Waals surface area contributed by atoms with E-state index in [-0.39, 0.29) is 0 Å². The van der Waals surface area contributed by atoms with Crippen LogP contribution in [0.5, 0.6) is 0 Å². The highest BCUT2D eigenvalue weighted by Gasteiger charge is 1.86. The molecule has 1 rings (SSSR count). The maximum Gasteiger partial charge on any atom is 0.221 e. The summed E-state index contributed by atoms with van der Waals surface area (Å²) in [4.78, 5) is 3.85. The van der Waals surface area contributed by atoms with Crippen molar-refractivity contribution in [3.63, 3.8) is 0 Å². The largest absolute Gasteiger partial charge is 0.501 e. The van der Waals surface area contributed by atoms with Crippen LogP contribution in [0.25, 0.3) is 6.08 Å². The zero-order chi connectivity index (χ0) is 7.23. The zero-order valence-corrected chi connectivity index (χ0v) is 5.78. The number of hydrogen-bond donors (Lipinski definition) is 0. The summed E-state index contributed by atoms with van der Waals surface area (Å²) in [5.74, 6) is 0.563. The van der Waals surface area contributed by atoms with E-state index in [2.05, 4.69) is 4.98 Å². The summed E-state index contributed by atoms with van der Waals surface area (Å²) in [7, 11) is 0. The van der Waals surface area contributed by atoms with E-state index >= 15 is 0 Å². The van der Waals surface area contributed by atoms with E-state index in [1.54, 1.807) is 18.5 Å². The normalized spacial score (nSPS) is 10.5. The minimum absolute atomic E-state index is 0.563. The minimum atomic E-state index is 0.563. The van der Waals surface area contributed by atoms with Crippen LogP contribution in [-0.2, 0) is 4.74 Å². The van der Waals surface area contributed by atoms with Crippen LogP contribution in [0.2, 0.25) is 0 Å². The molecule has 0 fully saturated rings. The number of rotatable bonds is 3. The van der Waals surface area contributed by atoms with E-state index in [1.807, 2.05) is 6.92 Å². The van der Waals surface area contributed by atoms with E-state index < -0.39 is 0 Å². The first-order valence-corrected chi connectivity index (χ1v) is 3.11. The van der Waals surface area contributed by atoms with Gasteiger partial charge in [0.2, 0.25) is 5.89 Å². The lowest BCUT2D eigenvalue weighted by Gasteiger charge is -1.88. The van der Waals surface area contributed by atoms with Gasteiger partial charge in [-0.2, -0.15) is 0 Å². The molecule has 0 aromatic carbocycles. The van der Waals surface area contributed by atoms with Gasteiger partial charge in [0.15, 0.2) is 0 Å². The van der Waals surface area contributed by atoms with Crippen molar-refractivity contribution >= 4 is 6.08 Å². The minimum Gasteiger partial charge on any atom is -0.501 e. The fourth-order valence-electron chi connectivity index (χ4n) is 0.519. The molecule has 10 heavy (non-hydrogen) atoms. The number of aromatic nitrogens is 1. The monoisotopic (exact) mass is 139 g/mol. The molecule has 1 heterocycles. The average molecular weight is 139 g/mol. The smallest absolute Gasteiger partial charge is 0.221 e. The van der Waals surface area contributed by atoms with Gasteiger partial charge in [-0.25, -0.2) is 4.98 Å². The molecule has 0 amide bonds. The SMILES string of the molecule is CCOC=Cc1ncco1. The van der Waals surface area contributed by atoms with E-state index in [0.29, 0.717) is 12.5 Å². The van der Waals surface area contributed by atoms with Crippen molar-refractivity contribution in [2.24, 2.45) is 0 Å². The molecule has 0 radical (unpaired) electrons. The molecule has 0 unspecified atom stereocenters. The molecular formula is C7H9NO2. The van der Waals surface area contributed by atoms with Crippen LogP contribution in [-0.4, -0.2) is 11.6 Å².